The van der Waals surface area contributed by atoms with Gasteiger partial charge in [0.05, 0.1) is 25.4 Å². The van der Waals surface area contributed by atoms with Crippen molar-refractivity contribution in [1.29, 1.82) is 0 Å². The minimum atomic E-state index is -0.668. The van der Waals surface area contributed by atoms with Crippen molar-refractivity contribution in [2.75, 3.05) is 13.2 Å². The molecule has 0 bridgehead atoms. The maximum absolute atomic E-state index is 12.5. The van der Waals surface area contributed by atoms with E-state index in [-0.39, 0.29) is 18.5 Å². The number of ether oxygens (including phenoxy) is 1. The average Bonchev–Trinajstić information content (AvgIpc) is 3.32. The molecule has 394 valence electrons. The average molecular weight is 935 g/mol. The van der Waals surface area contributed by atoms with Gasteiger partial charge in [0.2, 0.25) is 5.91 Å². The van der Waals surface area contributed by atoms with Gasteiger partial charge in [0, 0.05) is 12.8 Å². The number of aliphatic hydroxyl groups excluding tert-OH is 2. The first kappa shape index (κ1) is 64.9. The Morgan fingerprint density at radius 3 is 0.924 bits per heavy atom. The van der Waals surface area contributed by atoms with Gasteiger partial charge in [0.1, 0.15) is 0 Å². The number of unbranched alkanes of at least 4 members (excludes halogenated alkanes) is 46. The summed E-state index contributed by atoms with van der Waals surface area (Å²) >= 11 is 0. The number of rotatable bonds is 57. The first-order chi connectivity index (χ1) is 32.5. The Labute approximate surface area is 413 Å². The third-order valence-electron chi connectivity index (χ3n) is 14.4. The van der Waals surface area contributed by atoms with Crippen LogP contribution in [0.3, 0.4) is 0 Å². The van der Waals surface area contributed by atoms with E-state index in [9.17, 15) is 19.8 Å². The van der Waals surface area contributed by atoms with Crippen LogP contribution in [-0.2, 0) is 14.3 Å². The lowest BCUT2D eigenvalue weighted by atomic mass is 10.0. The molecule has 6 heteroatoms. The van der Waals surface area contributed by atoms with Gasteiger partial charge in [-0.25, -0.2) is 0 Å². The lowest BCUT2D eigenvalue weighted by Crippen LogP contribution is -2.45. The minimum absolute atomic E-state index is 0.00418. The molecule has 2 atom stereocenters. The van der Waals surface area contributed by atoms with Gasteiger partial charge >= 0.3 is 5.97 Å². The van der Waals surface area contributed by atoms with Crippen LogP contribution in [0.15, 0.2) is 0 Å². The number of carbonyl (C=O) groups is 2. The van der Waals surface area contributed by atoms with E-state index in [4.69, 9.17) is 4.74 Å². The topological polar surface area (TPSA) is 95.9 Å². The largest absolute Gasteiger partial charge is 0.466 e. The first-order valence-electron chi connectivity index (χ1n) is 30.3. The fourth-order valence-corrected chi connectivity index (χ4v) is 9.76. The molecular formula is C60H119NO5. The Kier molecular flexibility index (Phi) is 55.5. The Morgan fingerprint density at radius 1 is 0.364 bits per heavy atom. The van der Waals surface area contributed by atoms with Crippen LogP contribution >= 0.6 is 0 Å². The van der Waals surface area contributed by atoms with Crippen LogP contribution < -0.4 is 5.32 Å². The lowest BCUT2D eigenvalue weighted by molar-refractivity contribution is -0.143. The van der Waals surface area contributed by atoms with E-state index in [0.717, 1.165) is 44.9 Å². The molecule has 66 heavy (non-hydrogen) atoms. The number of nitrogens with one attached hydrogen (secondary N) is 1. The molecule has 1 amide bonds. The summed E-state index contributed by atoms with van der Waals surface area (Å²) in [4.78, 5) is 24.5. The van der Waals surface area contributed by atoms with Crippen LogP contribution in [0.4, 0.5) is 0 Å². The Balaban J connectivity index is 3.42. The number of hydrogen-bond donors (Lipinski definition) is 3. The molecule has 0 radical (unpaired) electrons. The highest BCUT2D eigenvalue weighted by molar-refractivity contribution is 5.76. The van der Waals surface area contributed by atoms with Gasteiger partial charge in [-0.1, -0.05) is 309 Å². The van der Waals surface area contributed by atoms with Crippen LogP contribution in [-0.4, -0.2) is 47.4 Å². The van der Waals surface area contributed by atoms with E-state index < -0.39 is 12.1 Å². The second-order valence-electron chi connectivity index (χ2n) is 21.1. The van der Waals surface area contributed by atoms with Crippen molar-refractivity contribution in [3.8, 4) is 0 Å². The van der Waals surface area contributed by atoms with E-state index in [1.54, 1.807) is 0 Å². The lowest BCUT2D eigenvalue weighted by Gasteiger charge is -2.22. The molecule has 0 heterocycles. The summed E-state index contributed by atoms with van der Waals surface area (Å²) in [6.07, 6.45) is 65.3. The number of amides is 1. The molecule has 2 unspecified atom stereocenters. The van der Waals surface area contributed by atoms with Gasteiger partial charge in [-0.15, -0.1) is 0 Å². The molecule has 0 aliphatic carbocycles. The summed E-state index contributed by atoms with van der Waals surface area (Å²) in [5.41, 5.74) is 0. The van der Waals surface area contributed by atoms with Gasteiger partial charge in [0.15, 0.2) is 0 Å². The predicted molar refractivity (Wildman–Crippen MR) is 287 cm³/mol. The minimum Gasteiger partial charge on any atom is -0.466 e. The summed E-state index contributed by atoms with van der Waals surface area (Å²) in [5.74, 6) is -0.0330. The van der Waals surface area contributed by atoms with E-state index in [2.05, 4.69) is 19.2 Å². The van der Waals surface area contributed by atoms with Crippen LogP contribution in [0.1, 0.15) is 348 Å². The maximum atomic E-state index is 12.5. The second-order valence-corrected chi connectivity index (χ2v) is 21.1. The third-order valence-corrected chi connectivity index (χ3v) is 14.4. The van der Waals surface area contributed by atoms with Gasteiger partial charge in [-0.2, -0.15) is 0 Å². The van der Waals surface area contributed by atoms with Crippen LogP contribution in [0.2, 0.25) is 0 Å². The zero-order valence-corrected chi connectivity index (χ0v) is 45.0. The van der Waals surface area contributed by atoms with Gasteiger partial charge in [0.25, 0.3) is 0 Å². The SMILES string of the molecule is CCCCCCCCCCCCCCCCCCCCCCCCC(O)C(CO)NC(=O)CCCCCCCCCCCCCCCCCCOC(=O)CCCCCCCCCCCCC. The third kappa shape index (κ3) is 52.2. The normalized spacial score (nSPS) is 12.5. The maximum Gasteiger partial charge on any atom is 0.305 e. The molecule has 0 aromatic carbocycles. The zero-order chi connectivity index (χ0) is 47.9. The number of carbonyl (C=O) groups excluding carboxylic acids is 2. The summed E-state index contributed by atoms with van der Waals surface area (Å²) in [6, 6.07) is -0.546. The van der Waals surface area contributed by atoms with Crippen molar-refractivity contribution in [2.24, 2.45) is 0 Å². The quantitative estimate of drug-likeness (QED) is 0.0417. The standard InChI is InChI=1S/C60H119NO5/c1-3-5-7-9-11-13-15-16-17-18-19-20-21-22-23-26-29-33-36-40-44-48-52-58(63)57(56-62)61-59(64)53-49-45-41-37-34-30-27-24-25-28-31-35-39-43-47-51-55-66-60(65)54-50-46-42-38-32-14-12-10-8-6-4-2/h57-58,62-63H,3-56H2,1-2H3,(H,61,64). The molecule has 0 aliphatic heterocycles. The molecule has 0 rings (SSSR count). The fraction of sp³-hybridized carbons (Fsp3) is 0.967. The van der Waals surface area contributed by atoms with Gasteiger partial charge in [-0.05, 0) is 25.7 Å². The first-order valence-corrected chi connectivity index (χ1v) is 30.3. The Hall–Kier alpha value is -1.14. The van der Waals surface area contributed by atoms with E-state index >= 15 is 0 Å². The predicted octanol–water partition coefficient (Wildman–Crippen LogP) is 18.7. The molecule has 0 saturated carbocycles. The van der Waals surface area contributed by atoms with Crippen molar-refractivity contribution >= 4 is 11.9 Å². The smallest absolute Gasteiger partial charge is 0.305 e. The molecule has 0 aliphatic rings. The van der Waals surface area contributed by atoms with E-state index in [1.807, 2.05) is 0 Å². The summed E-state index contributed by atoms with van der Waals surface area (Å²) in [5, 5.41) is 23.4. The number of aliphatic hydroxyl groups is 2. The Bertz CT molecular complexity index is 944. The summed E-state index contributed by atoms with van der Waals surface area (Å²) in [7, 11) is 0. The molecule has 0 aromatic heterocycles. The second kappa shape index (κ2) is 56.4. The molecule has 0 fully saturated rings. The van der Waals surface area contributed by atoms with Crippen LogP contribution in [0.5, 0.6) is 0 Å². The summed E-state index contributed by atoms with van der Waals surface area (Å²) < 4.78 is 5.46. The Morgan fingerprint density at radius 2 is 0.621 bits per heavy atom. The monoisotopic (exact) mass is 934 g/mol. The van der Waals surface area contributed by atoms with Crippen molar-refractivity contribution in [2.45, 2.75) is 360 Å². The van der Waals surface area contributed by atoms with Crippen molar-refractivity contribution in [3.63, 3.8) is 0 Å². The number of esters is 1. The van der Waals surface area contributed by atoms with Crippen molar-refractivity contribution in [3.05, 3.63) is 0 Å². The highest BCUT2D eigenvalue weighted by Crippen LogP contribution is 2.18. The molecule has 0 spiro atoms. The molecule has 0 aromatic rings. The number of hydrogen-bond acceptors (Lipinski definition) is 5. The molecule has 6 nitrogen and oxygen atoms in total. The fourth-order valence-electron chi connectivity index (χ4n) is 9.76. The summed E-state index contributed by atoms with van der Waals surface area (Å²) in [6.45, 7) is 4.97. The van der Waals surface area contributed by atoms with E-state index in [0.29, 0.717) is 25.9 Å². The van der Waals surface area contributed by atoms with E-state index in [1.165, 1.54) is 270 Å². The molecule has 3 N–H and O–H groups in total. The van der Waals surface area contributed by atoms with Crippen LogP contribution in [0, 0.1) is 0 Å². The van der Waals surface area contributed by atoms with Crippen molar-refractivity contribution in [1.82, 2.24) is 5.32 Å². The van der Waals surface area contributed by atoms with Gasteiger partial charge in [-0.3, -0.25) is 9.59 Å². The van der Waals surface area contributed by atoms with Gasteiger partial charge < -0.3 is 20.3 Å². The van der Waals surface area contributed by atoms with Crippen molar-refractivity contribution < 1.29 is 24.5 Å². The highest BCUT2D eigenvalue weighted by atomic mass is 16.5. The van der Waals surface area contributed by atoms with Crippen LogP contribution in [0.25, 0.3) is 0 Å². The molecule has 0 saturated heterocycles. The highest BCUT2D eigenvalue weighted by Gasteiger charge is 2.20. The zero-order valence-electron chi connectivity index (χ0n) is 45.0. The molecular weight excluding hydrogens is 815 g/mol.